The minimum Gasteiger partial charge on any atom is -0.494 e. The molecule has 1 aromatic carbocycles. The minimum absolute atomic E-state index is 0.0326. The van der Waals surface area contributed by atoms with Crippen LogP contribution < -0.4 is 10.1 Å². The zero-order valence-corrected chi connectivity index (χ0v) is 11.7. The third-order valence-electron chi connectivity index (χ3n) is 3.58. The fourth-order valence-electron chi connectivity index (χ4n) is 2.55. The van der Waals surface area contributed by atoms with E-state index in [0.29, 0.717) is 31.7 Å². The van der Waals surface area contributed by atoms with Gasteiger partial charge in [0.15, 0.2) is 11.6 Å². The number of halogens is 4. The monoisotopic (exact) mass is 306 g/mol. The highest BCUT2D eigenvalue weighted by Gasteiger charge is 2.36. The van der Waals surface area contributed by atoms with Gasteiger partial charge in [-0.1, -0.05) is 6.07 Å². The lowest BCUT2D eigenvalue weighted by Gasteiger charge is -2.35. The van der Waals surface area contributed by atoms with Gasteiger partial charge in [-0.25, -0.2) is 4.39 Å². The molecule has 1 aromatic rings. The first-order chi connectivity index (χ1) is 9.90. The topological polar surface area (TPSA) is 24.5 Å². The second-order valence-corrected chi connectivity index (χ2v) is 5.02. The predicted molar refractivity (Wildman–Crippen MR) is 70.8 cm³/mol. The Morgan fingerprint density at radius 3 is 2.52 bits per heavy atom. The number of methoxy groups -OCH3 is 1. The molecule has 1 saturated heterocycles. The average molecular weight is 306 g/mol. The maximum Gasteiger partial charge on any atom is 0.390 e. The van der Waals surface area contributed by atoms with E-state index in [-0.39, 0.29) is 5.75 Å². The second kappa shape index (κ2) is 6.62. The molecular weight excluding hydrogens is 288 g/mol. The number of nitrogens with zero attached hydrogens (tertiary/aromatic N) is 1. The zero-order valence-electron chi connectivity index (χ0n) is 11.7. The van der Waals surface area contributed by atoms with Gasteiger partial charge >= 0.3 is 6.18 Å². The Balaban J connectivity index is 2.29. The van der Waals surface area contributed by atoms with Crippen molar-refractivity contribution in [2.45, 2.75) is 18.6 Å². The first-order valence-corrected chi connectivity index (χ1v) is 6.75. The number of alkyl halides is 3. The summed E-state index contributed by atoms with van der Waals surface area (Å²) in [4.78, 5) is 1.77. The quantitative estimate of drug-likeness (QED) is 0.866. The molecule has 0 aromatic heterocycles. The van der Waals surface area contributed by atoms with Crippen molar-refractivity contribution >= 4 is 0 Å². The molecule has 0 aliphatic carbocycles. The molecule has 1 fully saturated rings. The van der Waals surface area contributed by atoms with Crippen LogP contribution in [-0.4, -0.2) is 44.4 Å². The van der Waals surface area contributed by atoms with Gasteiger partial charge in [0.05, 0.1) is 13.5 Å². The lowest BCUT2D eigenvalue weighted by atomic mass is 10.0. The summed E-state index contributed by atoms with van der Waals surface area (Å²) in [5, 5.41) is 3.11. The van der Waals surface area contributed by atoms with E-state index in [1.54, 1.807) is 4.90 Å². The molecule has 0 unspecified atom stereocenters. The summed E-state index contributed by atoms with van der Waals surface area (Å²) in [7, 11) is 1.30. The summed E-state index contributed by atoms with van der Waals surface area (Å²) in [5.41, 5.74) is 0.424. The van der Waals surface area contributed by atoms with Gasteiger partial charge in [-0.15, -0.1) is 0 Å². The standard InChI is InChI=1S/C14H18F4N2O/c1-21-13-8-10(2-3-11(13)15)12(9-14(16,17)18)20-6-4-19-5-7-20/h2-3,8,12,19H,4-7,9H2,1H3/t12-/m1/s1. The Morgan fingerprint density at radius 2 is 1.95 bits per heavy atom. The lowest BCUT2D eigenvalue weighted by Crippen LogP contribution is -2.46. The van der Waals surface area contributed by atoms with Gasteiger partial charge in [0.1, 0.15) is 0 Å². The van der Waals surface area contributed by atoms with Crippen molar-refractivity contribution in [2.24, 2.45) is 0 Å². The lowest BCUT2D eigenvalue weighted by molar-refractivity contribution is -0.148. The molecule has 1 heterocycles. The Kier molecular flexibility index (Phi) is 5.05. The van der Waals surface area contributed by atoms with E-state index in [4.69, 9.17) is 4.74 Å². The highest BCUT2D eigenvalue weighted by Crippen LogP contribution is 2.35. The minimum atomic E-state index is -4.28. The molecule has 0 radical (unpaired) electrons. The summed E-state index contributed by atoms with van der Waals surface area (Å²) >= 11 is 0. The molecular formula is C14H18F4N2O. The molecule has 0 spiro atoms. The van der Waals surface area contributed by atoms with Gasteiger partial charge in [0, 0.05) is 32.2 Å². The zero-order chi connectivity index (χ0) is 15.5. The van der Waals surface area contributed by atoms with E-state index < -0.39 is 24.5 Å². The van der Waals surface area contributed by atoms with Crippen LogP contribution in [0.25, 0.3) is 0 Å². The Hall–Kier alpha value is -1.34. The van der Waals surface area contributed by atoms with Crippen molar-refractivity contribution in [1.82, 2.24) is 10.2 Å². The van der Waals surface area contributed by atoms with Crippen LogP contribution >= 0.6 is 0 Å². The van der Waals surface area contributed by atoms with Crippen molar-refractivity contribution in [3.05, 3.63) is 29.6 Å². The molecule has 1 atom stereocenters. The number of ether oxygens (including phenoxy) is 1. The van der Waals surface area contributed by atoms with Gasteiger partial charge in [-0.3, -0.25) is 4.90 Å². The summed E-state index contributed by atoms with van der Waals surface area (Å²) < 4.78 is 56.9. The third-order valence-corrected chi connectivity index (χ3v) is 3.58. The van der Waals surface area contributed by atoms with E-state index in [1.165, 1.54) is 19.2 Å². The van der Waals surface area contributed by atoms with Crippen molar-refractivity contribution in [3.63, 3.8) is 0 Å². The van der Waals surface area contributed by atoms with Gasteiger partial charge in [0.2, 0.25) is 0 Å². The smallest absolute Gasteiger partial charge is 0.390 e. The average Bonchev–Trinajstić information content (AvgIpc) is 2.45. The molecule has 1 aliphatic rings. The molecule has 0 amide bonds. The SMILES string of the molecule is COc1cc([C@@H](CC(F)(F)F)N2CCNCC2)ccc1F. The summed E-state index contributed by atoms with van der Waals surface area (Å²) in [6.45, 7) is 2.35. The van der Waals surface area contributed by atoms with Crippen LogP contribution in [0, 0.1) is 5.82 Å². The van der Waals surface area contributed by atoms with Crippen LogP contribution in [0.15, 0.2) is 18.2 Å². The molecule has 118 valence electrons. The largest absolute Gasteiger partial charge is 0.494 e. The fourth-order valence-corrected chi connectivity index (χ4v) is 2.55. The van der Waals surface area contributed by atoms with E-state index in [9.17, 15) is 17.6 Å². The van der Waals surface area contributed by atoms with Crippen LogP contribution in [-0.2, 0) is 0 Å². The molecule has 2 rings (SSSR count). The fraction of sp³-hybridized carbons (Fsp3) is 0.571. The van der Waals surface area contributed by atoms with Crippen LogP contribution in [0.5, 0.6) is 5.75 Å². The summed E-state index contributed by atoms with van der Waals surface area (Å²) in [5.74, 6) is -0.609. The van der Waals surface area contributed by atoms with E-state index in [1.807, 2.05) is 0 Å². The van der Waals surface area contributed by atoms with E-state index in [0.717, 1.165) is 6.07 Å². The van der Waals surface area contributed by atoms with E-state index >= 15 is 0 Å². The van der Waals surface area contributed by atoms with Crippen LogP contribution in [0.2, 0.25) is 0 Å². The number of hydrogen-bond acceptors (Lipinski definition) is 3. The highest BCUT2D eigenvalue weighted by atomic mass is 19.4. The summed E-state index contributed by atoms with van der Waals surface area (Å²) in [6.07, 6.45) is -5.24. The Bertz CT molecular complexity index is 473. The predicted octanol–water partition coefficient (Wildman–Crippen LogP) is 2.73. The second-order valence-electron chi connectivity index (χ2n) is 5.02. The van der Waals surface area contributed by atoms with Crippen molar-refractivity contribution < 1.29 is 22.3 Å². The number of piperazine rings is 1. The number of hydrogen-bond donors (Lipinski definition) is 1. The van der Waals surface area contributed by atoms with Gasteiger partial charge in [0.25, 0.3) is 0 Å². The number of benzene rings is 1. The normalized spacial score (nSPS) is 18.5. The molecule has 7 heteroatoms. The summed E-state index contributed by atoms with van der Waals surface area (Å²) in [6, 6.07) is 3.09. The number of nitrogens with one attached hydrogen (secondary N) is 1. The van der Waals surface area contributed by atoms with Crippen molar-refractivity contribution in [3.8, 4) is 5.75 Å². The molecule has 1 N–H and O–H groups in total. The van der Waals surface area contributed by atoms with Crippen LogP contribution in [0.4, 0.5) is 17.6 Å². The molecule has 1 aliphatic heterocycles. The van der Waals surface area contributed by atoms with E-state index in [2.05, 4.69) is 5.32 Å². The third kappa shape index (κ3) is 4.31. The highest BCUT2D eigenvalue weighted by molar-refractivity contribution is 5.32. The Morgan fingerprint density at radius 1 is 1.29 bits per heavy atom. The van der Waals surface area contributed by atoms with Crippen molar-refractivity contribution in [2.75, 3.05) is 33.3 Å². The first-order valence-electron chi connectivity index (χ1n) is 6.75. The Labute approximate surface area is 120 Å². The maximum atomic E-state index is 13.4. The molecule has 21 heavy (non-hydrogen) atoms. The van der Waals surface area contributed by atoms with Crippen LogP contribution in [0.3, 0.4) is 0 Å². The van der Waals surface area contributed by atoms with Gasteiger partial charge in [-0.2, -0.15) is 13.2 Å². The molecule has 0 saturated carbocycles. The maximum absolute atomic E-state index is 13.4. The van der Waals surface area contributed by atoms with Gasteiger partial charge in [-0.05, 0) is 17.7 Å². The molecule has 3 nitrogen and oxygen atoms in total. The first kappa shape index (κ1) is 16.0. The van der Waals surface area contributed by atoms with Crippen molar-refractivity contribution in [1.29, 1.82) is 0 Å². The van der Waals surface area contributed by atoms with Gasteiger partial charge < -0.3 is 10.1 Å². The van der Waals surface area contributed by atoms with Crippen LogP contribution in [0.1, 0.15) is 18.0 Å². The number of rotatable bonds is 4. The molecule has 0 bridgehead atoms.